The zero-order chi connectivity index (χ0) is 21.0. The summed E-state index contributed by atoms with van der Waals surface area (Å²) in [6, 6.07) is 8.17. The highest BCUT2D eigenvalue weighted by molar-refractivity contribution is 8.00. The lowest BCUT2D eigenvalue weighted by Gasteiger charge is -2.33. The van der Waals surface area contributed by atoms with Gasteiger partial charge in [-0.2, -0.15) is 0 Å². The number of esters is 1. The minimum Gasteiger partial charge on any atom is -0.454 e. The second kappa shape index (κ2) is 8.86. The van der Waals surface area contributed by atoms with Gasteiger partial charge in [0.15, 0.2) is 6.61 Å². The van der Waals surface area contributed by atoms with E-state index < -0.39 is 35.4 Å². The molecule has 0 aliphatic carbocycles. The number of nitrogens with zero attached hydrogens (tertiary/aromatic N) is 1. The Morgan fingerprint density at radius 3 is 2.72 bits per heavy atom. The lowest BCUT2D eigenvalue weighted by Crippen LogP contribution is -2.48. The van der Waals surface area contributed by atoms with Gasteiger partial charge in [0, 0.05) is 18.2 Å². The highest BCUT2D eigenvalue weighted by Gasteiger charge is 2.57. The Hall–Kier alpha value is -2.55. The first-order chi connectivity index (χ1) is 13.9. The topological polar surface area (TPSA) is 105 Å². The van der Waals surface area contributed by atoms with E-state index >= 15 is 0 Å². The number of fused-ring (bicyclic) bond motifs is 1. The number of carbonyl (C=O) groups excluding carboxylic acids is 4. The van der Waals surface area contributed by atoms with E-state index in [0.717, 1.165) is 12.0 Å². The van der Waals surface area contributed by atoms with Crippen molar-refractivity contribution in [3.8, 4) is 0 Å². The summed E-state index contributed by atoms with van der Waals surface area (Å²) in [6.07, 6.45) is 1.71. The third-order valence-electron chi connectivity index (χ3n) is 5.21. The smallest absolute Gasteiger partial charge is 0.330 e. The molecule has 0 radical (unpaired) electrons. The van der Waals surface area contributed by atoms with Gasteiger partial charge in [-0.1, -0.05) is 37.3 Å². The summed E-state index contributed by atoms with van der Waals surface area (Å²) in [4.78, 5) is 49.7. The third-order valence-corrected chi connectivity index (χ3v) is 6.81. The quantitative estimate of drug-likeness (QED) is 0.681. The molecule has 4 amide bonds. The van der Waals surface area contributed by atoms with Gasteiger partial charge in [0.2, 0.25) is 5.91 Å². The van der Waals surface area contributed by atoms with Gasteiger partial charge in [0.05, 0.1) is 0 Å². The minimum absolute atomic E-state index is 0.0758. The van der Waals surface area contributed by atoms with Crippen molar-refractivity contribution in [3.63, 3.8) is 0 Å². The first kappa shape index (κ1) is 21.2. The van der Waals surface area contributed by atoms with Gasteiger partial charge in [-0.05, 0) is 25.3 Å². The van der Waals surface area contributed by atoms with Crippen LogP contribution in [-0.2, 0) is 24.0 Å². The van der Waals surface area contributed by atoms with Crippen LogP contribution in [0.4, 0.5) is 4.79 Å². The van der Waals surface area contributed by atoms with E-state index in [1.165, 1.54) is 0 Å². The van der Waals surface area contributed by atoms with Crippen molar-refractivity contribution >= 4 is 35.6 Å². The Labute approximate surface area is 173 Å². The predicted octanol–water partition coefficient (Wildman–Crippen LogP) is 1.74. The van der Waals surface area contributed by atoms with Gasteiger partial charge < -0.3 is 15.0 Å². The van der Waals surface area contributed by atoms with Crippen LogP contribution in [0.2, 0.25) is 0 Å². The second-order valence-corrected chi connectivity index (χ2v) is 8.48. The largest absolute Gasteiger partial charge is 0.454 e. The molecule has 3 rings (SSSR count). The van der Waals surface area contributed by atoms with Gasteiger partial charge in [-0.25, -0.2) is 9.59 Å². The molecule has 0 aromatic heterocycles. The first-order valence-electron chi connectivity index (χ1n) is 9.66. The molecule has 8 nitrogen and oxygen atoms in total. The highest BCUT2D eigenvalue weighted by atomic mass is 32.2. The second-order valence-electron chi connectivity index (χ2n) is 7.18. The van der Waals surface area contributed by atoms with Gasteiger partial charge in [-0.15, -0.1) is 11.8 Å². The molecular formula is C20H25N3O5S. The number of hydrogen-bond donors (Lipinski definition) is 2. The predicted molar refractivity (Wildman–Crippen MR) is 108 cm³/mol. The van der Waals surface area contributed by atoms with Crippen LogP contribution in [0, 0.1) is 0 Å². The van der Waals surface area contributed by atoms with Crippen molar-refractivity contribution in [3.05, 3.63) is 35.9 Å². The van der Waals surface area contributed by atoms with Gasteiger partial charge in [-0.3, -0.25) is 14.9 Å². The van der Waals surface area contributed by atoms with E-state index in [0.29, 0.717) is 18.6 Å². The number of nitrogens with one attached hydrogen (secondary N) is 2. The fraction of sp³-hybridized carbons (Fsp3) is 0.500. The average Bonchev–Trinajstić information content (AvgIpc) is 3.26. The number of benzene rings is 1. The van der Waals surface area contributed by atoms with Crippen molar-refractivity contribution in [1.82, 2.24) is 15.5 Å². The van der Waals surface area contributed by atoms with Crippen LogP contribution in [0.1, 0.15) is 38.7 Å². The summed E-state index contributed by atoms with van der Waals surface area (Å²) in [7, 11) is 0. The molecule has 1 aromatic rings. The molecule has 0 spiro atoms. The summed E-state index contributed by atoms with van der Waals surface area (Å²) in [5.74, 6) is -1.05. The monoisotopic (exact) mass is 419 g/mol. The number of imide groups is 1. The van der Waals surface area contributed by atoms with Crippen LogP contribution < -0.4 is 10.6 Å². The Bertz CT molecular complexity index is 803. The van der Waals surface area contributed by atoms with Crippen LogP contribution in [0.3, 0.4) is 0 Å². The molecule has 2 N–H and O–H groups in total. The van der Waals surface area contributed by atoms with Crippen LogP contribution >= 0.6 is 11.8 Å². The molecule has 0 bridgehead atoms. The summed E-state index contributed by atoms with van der Waals surface area (Å²) in [6.45, 7) is 3.14. The standard InChI is InChI=1S/C20H25N3O5S/c1-3-13(2)21-19(27)22-16(24)11-28-18(26)15-12-29-20(10-9-17(25)23(15)20)14-7-5-4-6-8-14/h4-8,13,15H,3,9-12H2,1-2H3,(H2,21,22,24,27)/t13-,15+,20-/m1/s1. The fourth-order valence-corrected chi connectivity index (χ4v) is 5.21. The molecule has 2 fully saturated rings. The molecule has 1 aromatic carbocycles. The van der Waals surface area contributed by atoms with E-state index in [9.17, 15) is 19.2 Å². The average molecular weight is 420 g/mol. The van der Waals surface area contributed by atoms with Crippen LogP contribution in [0.15, 0.2) is 30.3 Å². The molecule has 0 saturated carbocycles. The van der Waals surface area contributed by atoms with Crippen molar-refractivity contribution in [2.24, 2.45) is 0 Å². The Morgan fingerprint density at radius 1 is 1.31 bits per heavy atom. The molecule has 0 unspecified atom stereocenters. The highest BCUT2D eigenvalue weighted by Crippen LogP contribution is 2.54. The van der Waals surface area contributed by atoms with E-state index in [4.69, 9.17) is 4.74 Å². The number of hydrogen-bond acceptors (Lipinski definition) is 6. The van der Waals surface area contributed by atoms with Crippen LogP contribution in [0.5, 0.6) is 0 Å². The van der Waals surface area contributed by atoms with Crippen LogP contribution in [-0.4, -0.2) is 53.2 Å². The van der Waals surface area contributed by atoms with E-state index in [2.05, 4.69) is 10.6 Å². The molecule has 29 heavy (non-hydrogen) atoms. The van der Waals surface area contributed by atoms with Gasteiger partial charge >= 0.3 is 12.0 Å². The normalized spacial score (nSPS) is 24.0. The third kappa shape index (κ3) is 4.39. The SMILES string of the molecule is CC[C@@H](C)NC(=O)NC(=O)COC(=O)[C@@H]1CS[C@@]2(c3ccccc3)CCC(=O)N12. The molecule has 9 heteroatoms. The first-order valence-corrected chi connectivity index (χ1v) is 10.6. The zero-order valence-corrected chi connectivity index (χ0v) is 17.3. The number of rotatable bonds is 6. The molecule has 2 heterocycles. The molecule has 2 aliphatic heterocycles. The summed E-state index contributed by atoms with van der Waals surface area (Å²) in [5, 5.41) is 4.72. The van der Waals surface area contributed by atoms with E-state index in [1.807, 2.05) is 44.2 Å². The molecule has 2 aliphatic rings. The number of urea groups is 1. The zero-order valence-electron chi connectivity index (χ0n) is 16.5. The van der Waals surface area contributed by atoms with E-state index in [-0.39, 0.29) is 11.9 Å². The Kier molecular flexibility index (Phi) is 6.46. The lowest BCUT2D eigenvalue weighted by molar-refractivity contribution is -0.156. The number of carbonyl (C=O) groups is 4. The van der Waals surface area contributed by atoms with Crippen molar-refractivity contribution in [2.75, 3.05) is 12.4 Å². The van der Waals surface area contributed by atoms with Crippen molar-refractivity contribution in [1.29, 1.82) is 0 Å². The molecule has 3 atom stereocenters. The van der Waals surface area contributed by atoms with Gasteiger partial charge in [0.1, 0.15) is 10.9 Å². The van der Waals surface area contributed by atoms with E-state index in [1.54, 1.807) is 16.7 Å². The Morgan fingerprint density at radius 2 is 2.03 bits per heavy atom. The maximum atomic E-state index is 12.6. The lowest BCUT2D eigenvalue weighted by atomic mass is 10.0. The Balaban J connectivity index is 1.60. The maximum absolute atomic E-state index is 12.6. The maximum Gasteiger partial charge on any atom is 0.330 e. The summed E-state index contributed by atoms with van der Waals surface area (Å²) < 4.78 is 5.12. The molecule has 2 saturated heterocycles. The van der Waals surface area contributed by atoms with Gasteiger partial charge in [0.25, 0.3) is 5.91 Å². The fourth-order valence-electron chi connectivity index (χ4n) is 3.57. The summed E-state index contributed by atoms with van der Waals surface area (Å²) in [5.41, 5.74) is 0.977. The molecule has 156 valence electrons. The minimum atomic E-state index is -0.753. The number of amides is 4. The molecular weight excluding hydrogens is 394 g/mol. The van der Waals surface area contributed by atoms with Crippen molar-refractivity contribution in [2.45, 2.75) is 50.1 Å². The van der Waals surface area contributed by atoms with Crippen molar-refractivity contribution < 1.29 is 23.9 Å². The number of thioether (sulfide) groups is 1. The summed E-state index contributed by atoms with van der Waals surface area (Å²) >= 11 is 1.55. The number of ether oxygens (including phenoxy) is 1. The van der Waals surface area contributed by atoms with Crippen LogP contribution in [0.25, 0.3) is 0 Å².